The molecule has 0 aromatic heterocycles. The van der Waals surface area contributed by atoms with Crippen LogP contribution in [-0.2, 0) is 0 Å². The zero-order valence-corrected chi connectivity index (χ0v) is 13.1. The summed E-state index contributed by atoms with van der Waals surface area (Å²) in [5.74, 6) is 1.40. The van der Waals surface area contributed by atoms with Crippen LogP contribution in [0.1, 0.15) is 32.4 Å². The molecule has 5 heteroatoms. The number of hydrogen-bond donors (Lipinski definition) is 2. The minimum atomic E-state index is -0.577. The summed E-state index contributed by atoms with van der Waals surface area (Å²) in [6.07, 6.45) is -0.577. The van der Waals surface area contributed by atoms with E-state index in [0.29, 0.717) is 31.3 Å². The predicted molar refractivity (Wildman–Crippen MR) is 77.8 cm³/mol. The second-order valence-corrected chi connectivity index (χ2v) is 6.53. The number of aliphatic hydroxyl groups excluding tert-OH is 1. The van der Waals surface area contributed by atoms with Crippen LogP contribution < -0.4 is 14.8 Å². The SMILES string of the molecule is CC(C)(C)NCC(O)c1cc(Br)c2c(c1)OCCO2. The van der Waals surface area contributed by atoms with Crippen LogP contribution in [0.25, 0.3) is 0 Å². The summed E-state index contributed by atoms with van der Waals surface area (Å²) >= 11 is 3.46. The molecule has 1 aromatic carbocycles. The maximum absolute atomic E-state index is 10.2. The van der Waals surface area contributed by atoms with E-state index in [1.165, 1.54) is 0 Å². The molecule has 1 unspecified atom stereocenters. The quantitative estimate of drug-likeness (QED) is 0.895. The van der Waals surface area contributed by atoms with Crippen LogP contribution in [0, 0.1) is 0 Å². The second-order valence-electron chi connectivity index (χ2n) is 5.67. The van der Waals surface area contributed by atoms with E-state index >= 15 is 0 Å². The van der Waals surface area contributed by atoms with Crippen LogP contribution in [-0.4, -0.2) is 30.4 Å². The van der Waals surface area contributed by atoms with Gasteiger partial charge in [0.1, 0.15) is 13.2 Å². The van der Waals surface area contributed by atoms with Gasteiger partial charge in [-0.3, -0.25) is 0 Å². The molecule has 2 rings (SSSR count). The Bertz CT molecular complexity index is 457. The molecule has 19 heavy (non-hydrogen) atoms. The van der Waals surface area contributed by atoms with Crippen LogP contribution in [0.3, 0.4) is 0 Å². The largest absolute Gasteiger partial charge is 0.486 e. The fourth-order valence-electron chi connectivity index (χ4n) is 1.84. The molecule has 0 saturated carbocycles. The maximum Gasteiger partial charge on any atom is 0.175 e. The Hall–Kier alpha value is -0.780. The summed E-state index contributed by atoms with van der Waals surface area (Å²) in [5, 5.41) is 13.5. The normalized spacial score (nSPS) is 16.3. The van der Waals surface area contributed by atoms with E-state index < -0.39 is 6.10 Å². The first-order valence-corrected chi connectivity index (χ1v) is 7.18. The molecule has 1 heterocycles. The van der Waals surface area contributed by atoms with Crippen molar-refractivity contribution < 1.29 is 14.6 Å². The number of halogens is 1. The van der Waals surface area contributed by atoms with E-state index in [-0.39, 0.29) is 5.54 Å². The third-order valence-electron chi connectivity index (χ3n) is 2.83. The molecule has 2 N–H and O–H groups in total. The molecular formula is C14H20BrNO3. The second kappa shape index (κ2) is 5.69. The lowest BCUT2D eigenvalue weighted by atomic mass is 10.1. The lowest BCUT2D eigenvalue weighted by molar-refractivity contribution is 0.156. The summed E-state index contributed by atoms with van der Waals surface area (Å²) in [6.45, 7) is 7.80. The van der Waals surface area contributed by atoms with Crippen LogP contribution in [0.2, 0.25) is 0 Å². The lowest BCUT2D eigenvalue weighted by Crippen LogP contribution is -2.38. The molecule has 1 atom stereocenters. The number of β-amino-alcohol motifs (C(OH)–C–C–N with tert-alkyl or cyclic N) is 1. The first kappa shape index (κ1) is 14.6. The first-order valence-electron chi connectivity index (χ1n) is 6.39. The van der Waals surface area contributed by atoms with E-state index in [1.807, 2.05) is 12.1 Å². The van der Waals surface area contributed by atoms with E-state index in [0.717, 1.165) is 10.0 Å². The van der Waals surface area contributed by atoms with Gasteiger partial charge in [-0.15, -0.1) is 0 Å². The standard InChI is InChI=1S/C14H20BrNO3/c1-14(2,3)16-8-11(17)9-6-10(15)13-12(7-9)18-4-5-19-13/h6-7,11,16-17H,4-5,8H2,1-3H3. The van der Waals surface area contributed by atoms with Gasteiger partial charge in [-0.05, 0) is 54.4 Å². The zero-order chi connectivity index (χ0) is 14.0. The van der Waals surface area contributed by atoms with Gasteiger partial charge in [-0.2, -0.15) is 0 Å². The van der Waals surface area contributed by atoms with Crippen molar-refractivity contribution in [2.75, 3.05) is 19.8 Å². The Labute approximate surface area is 122 Å². The smallest absolute Gasteiger partial charge is 0.175 e. The summed E-state index contributed by atoms with van der Waals surface area (Å²) < 4.78 is 11.9. The highest BCUT2D eigenvalue weighted by Gasteiger charge is 2.20. The molecule has 1 aromatic rings. The lowest BCUT2D eigenvalue weighted by Gasteiger charge is -2.25. The number of aliphatic hydroxyl groups is 1. The third kappa shape index (κ3) is 3.84. The maximum atomic E-state index is 10.2. The molecule has 0 aliphatic carbocycles. The van der Waals surface area contributed by atoms with Gasteiger partial charge in [0.15, 0.2) is 11.5 Å². The van der Waals surface area contributed by atoms with E-state index in [9.17, 15) is 5.11 Å². The summed E-state index contributed by atoms with van der Waals surface area (Å²) in [6, 6.07) is 3.72. The molecule has 0 fully saturated rings. The summed E-state index contributed by atoms with van der Waals surface area (Å²) in [4.78, 5) is 0. The zero-order valence-electron chi connectivity index (χ0n) is 11.5. The van der Waals surface area contributed by atoms with E-state index in [4.69, 9.17) is 9.47 Å². The Morgan fingerprint density at radius 3 is 2.68 bits per heavy atom. The van der Waals surface area contributed by atoms with Gasteiger partial charge in [0, 0.05) is 12.1 Å². The Morgan fingerprint density at radius 2 is 2.00 bits per heavy atom. The molecule has 0 spiro atoms. The number of fused-ring (bicyclic) bond motifs is 1. The highest BCUT2D eigenvalue weighted by molar-refractivity contribution is 9.10. The molecule has 0 radical (unpaired) electrons. The van der Waals surface area contributed by atoms with Crippen LogP contribution in [0.4, 0.5) is 0 Å². The van der Waals surface area contributed by atoms with Crippen LogP contribution in [0.15, 0.2) is 16.6 Å². The van der Waals surface area contributed by atoms with Gasteiger partial charge in [-0.1, -0.05) is 0 Å². The number of hydrogen-bond acceptors (Lipinski definition) is 4. The van der Waals surface area contributed by atoms with Crippen molar-refractivity contribution in [3.05, 3.63) is 22.2 Å². The number of ether oxygens (including phenoxy) is 2. The van der Waals surface area contributed by atoms with Gasteiger partial charge in [0.2, 0.25) is 0 Å². The highest BCUT2D eigenvalue weighted by Crippen LogP contribution is 2.39. The Kier molecular flexibility index (Phi) is 4.38. The number of benzene rings is 1. The molecule has 106 valence electrons. The molecule has 0 saturated heterocycles. The first-order chi connectivity index (χ1) is 8.87. The van der Waals surface area contributed by atoms with Crippen molar-refractivity contribution >= 4 is 15.9 Å². The van der Waals surface area contributed by atoms with Crippen molar-refractivity contribution in [1.82, 2.24) is 5.32 Å². The van der Waals surface area contributed by atoms with Gasteiger partial charge < -0.3 is 19.9 Å². The molecule has 0 bridgehead atoms. The molecule has 1 aliphatic rings. The highest BCUT2D eigenvalue weighted by atomic mass is 79.9. The fourth-order valence-corrected chi connectivity index (χ4v) is 2.42. The van der Waals surface area contributed by atoms with Gasteiger partial charge in [0.05, 0.1) is 10.6 Å². The molecular weight excluding hydrogens is 310 g/mol. The van der Waals surface area contributed by atoms with Gasteiger partial charge in [0.25, 0.3) is 0 Å². The van der Waals surface area contributed by atoms with Crippen LogP contribution in [0.5, 0.6) is 11.5 Å². The van der Waals surface area contributed by atoms with Gasteiger partial charge >= 0.3 is 0 Å². The average molecular weight is 330 g/mol. The third-order valence-corrected chi connectivity index (χ3v) is 3.42. The minimum absolute atomic E-state index is 0.0218. The Balaban J connectivity index is 2.14. The Morgan fingerprint density at radius 1 is 1.32 bits per heavy atom. The summed E-state index contributed by atoms with van der Waals surface area (Å²) in [7, 11) is 0. The van der Waals surface area contributed by atoms with Gasteiger partial charge in [-0.25, -0.2) is 0 Å². The topological polar surface area (TPSA) is 50.7 Å². The van der Waals surface area contributed by atoms with Crippen molar-refractivity contribution in [3.63, 3.8) is 0 Å². The van der Waals surface area contributed by atoms with Crippen molar-refractivity contribution in [3.8, 4) is 11.5 Å². The predicted octanol–water partition coefficient (Wildman–Crippen LogP) is 2.64. The van der Waals surface area contributed by atoms with E-state index in [1.54, 1.807) is 0 Å². The number of nitrogens with one attached hydrogen (secondary N) is 1. The van der Waals surface area contributed by atoms with Crippen LogP contribution >= 0.6 is 15.9 Å². The van der Waals surface area contributed by atoms with Crippen molar-refractivity contribution in [1.29, 1.82) is 0 Å². The van der Waals surface area contributed by atoms with E-state index in [2.05, 4.69) is 42.0 Å². The fraction of sp³-hybridized carbons (Fsp3) is 0.571. The molecule has 4 nitrogen and oxygen atoms in total. The summed E-state index contributed by atoms with van der Waals surface area (Å²) in [5.41, 5.74) is 0.791. The van der Waals surface area contributed by atoms with Crippen molar-refractivity contribution in [2.24, 2.45) is 0 Å². The molecule has 1 aliphatic heterocycles. The minimum Gasteiger partial charge on any atom is -0.486 e. The van der Waals surface area contributed by atoms with Crippen molar-refractivity contribution in [2.45, 2.75) is 32.4 Å². The molecule has 0 amide bonds. The number of rotatable bonds is 3. The average Bonchev–Trinajstić information content (AvgIpc) is 2.35. The monoisotopic (exact) mass is 329 g/mol.